The standard InChI is InChI=1S/C18H14ClF2N3O/c1-10-16(9-13-14(20)6-3-7-15(13)21)23-18(24-17(10)25)22-12-5-2-4-11(19)8-12/h2-8H,9H2,1H3,(H2,22,23,24,25). The van der Waals surface area contributed by atoms with Gasteiger partial charge in [0, 0.05) is 28.3 Å². The molecule has 25 heavy (non-hydrogen) atoms. The maximum Gasteiger partial charge on any atom is 0.255 e. The Morgan fingerprint density at radius 3 is 2.52 bits per heavy atom. The summed E-state index contributed by atoms with van der Waals surface area (Å²) in [5, 5.41) is 3.45. The maximum absolute atomic E-state index is 13.9. The fourth-order valence-electron chi connectivity index (χ4n) is 2.38. The van der Waals surface area contributed by atoms with Gasteiger partial charge in [0.2, 0.25) is 5.95 Å². The Bertz CT molecular complexity index is 968. The summed E-state index contributed by atoms with van der Waals surface area (Å²) in [6, 6.07) is 10.5. The van der Waals surface area contributed by atoms with E-state index in [1.165, 1.54) is 18.2 Å². The minimum atomic E-state index is -0.675. The van der Waals surface area contributed by atoms with Gasteiger partial charge in [-0.15, -0.1) is 0 Å². The van der Waals surface area contributed by atoms with Gasteiger partial charge in [0.25, 0.3) is 5.56 Å². The zero-order chi connectivity index (χ0) is 18.0. The molecule has 0 bridgehead atoms. The molecule has 0 radical (unpaired) electrons. The van der Waals surface area contributed by atoms with Crippen LogP contribution in [0, 0.1) is 18.6 Å². The first-order valence-electron chi connectivity index (χ1n) is 7.49. The van der Waals surface area contributed by atoms with Gasteiger partial charge in [0.15, 0.2) is 0 Å². The molecule has 7 heteroatoms. The van der Waals surface area contributed by atoms with E-state index in [9.17, 15) is 13.6 Å². The molecule has 4 nitrogen and oxygen atoms in total. The van der Waals surface area contributed by atoms with Crippen LogP contribution in [-0.2, 0) is 6.42 Å². The second-order valence-electron chi connectivity index (χ2n) is 5.50. The second-order valence-corrected chi connectivity index (χ2v) is 5.94. The molecule has 2 N–H and O–H groups in total. The van der Waals surface area contributed by atoms with Crippen LogP contribution in [0.3, 0.4) is 0 Å². The fourth-order valence-corrected chi connectivity index (χ4v) is 2.57. The molecule has 1 aromatic heterocycles. The van der Waals surface area contributed by atoms with E-state index in [-0.39, 0.29) is 29.2 Å². The van der Waals surface area contributed by atoms with Crippen LogP contribution < -0.4 is 10.9 Å². The molecule has 1 heterocycles. The Labute approximate surface area is 147 Å². The third-order valence-corrected chi connectivity index (χ3v) is 3.98. The van der Waals surface area contributed by atoms with Gasteiger partial charge in [-0.25, -0.2) is 13.8 Å². The molecule has 128 valence electrons. The molecule has 0 saturated carbocycles. The molecule has 2 aromatic carbocycles. The van der Waals surface area contributed by atoms with Crippen molar-refractivity contribution < 1.29 is 8.78 Å². The molecule has 0 aliphatic carbocycles. The van der Waals surface area contributed by atoms with E-state index in [4.69, 9.17) is 11.6 Å². The van der Waals surface area contributed by atoms with Crippen LogP contribution in [-0.4, -0.2) is 9.97 Å². The van der Waals surface area contributed by atoms with E-state index in [1.807, 2.05) is 0 Å². The van der Waals surface area contributed by atoms with E-state index in [0.717, 1.165) is 0 Å². The predicted octanol–water partition coefficient (Wildman–Crippen LogP) is 4.34. The first-order valence-corrected chi connectivity index (χ1v) is 7.87. The van der Waals surface area contributed by atoms with Gasteiger partial charge >= 0.3 is 0 Å². The number of halogens is 3. The van der Waals surface area contributed by atoms with Crippen molar-refractivity contribution in [2.45, 2.75) is 13.3 Å². The summed E-state index contributed by atoms with van der Waals surface area (Å²) in [6.07, 6.45) is -0.127. The van der Waals surface area contributed by atoms with Crippen molar-refractivity contribution in [2.75, 3.05) is 5.32 Å². The predicted molar refractivity (Wildman–Crippen MR) is 93.5 cm³/mol. The molecule has 0 fully saturated rings. The van der Waals surface area contributed by atoms with Gasteiger partial charge in [-0.1, -0.05) is 23.7 Å². The molecule has 0 spiro atoms. The molecule has 3 aromatic rings. The Hall–Kier alpha value is -2.73. The number of nitrogens with one attached hydrogen (secondary N) is 2. The summed E-state index contributed by atoms with van der Waals surface area (Å²) in [5.41, 5.74) is 0.711. The zero-order valence-corrected chi connectivity index (χ0v) is 14.0. The monoisotopic (exact) mass is 361 g/mol. The molecule has 0 amide bonds. The highest BCUT2D eigenvalue weighted by atomic mass is 35.5. The largest absolute Gasteiger partial charge is 0.326 e. The van der Waals surface area contributed by atoms with Gasteiger partial charge < -0.3 is 5.32 Å². The highest BCUT2D eigenvalue weighted by molar-refractivity contribution is 6.30. The molecular formula is C18H14ClF2N3O. The van der Waals surface area contributed by atoms with Crippen molar-refractivity contribution in [3.63, 3.8) is 0 Å². The third kappa shape index (κ3) is 3.85. The molecule has 0 atom stereocenters. The Kier molecular flexibility index (Phi) is 4.81. The van der Waals surface area contributed by atoms with Gasteiger partial charge in [-0.2, -0.15) is 0 Å². The van der Waals surface area contributed by atoms with Crippen molar-refractivity contribution >= 4 is 23.2 Å². The number of aromatic amines is 1. The van der Waals surface area contributed by atoms with Crippen molar-refractivity contribution in [1.29, 1.82) is 0 Å². The van der Waals surface area contributed by atoms with E-state index in [0.29, 0.717) is 16.3 Å². The van der Waals surface area contributed by atoms with Gasteiger partial charge in [-0.3, -0.25) is 9.78 Å². The lowest BCUT2D eigenvalue weighted by Crippen LogP contribution is -2.18. The van der Waals surface area contributed by atoms with Crippen molar-refractivity contribution in [1.82, 2.24) is 9.97 Å². The number of benzene rings is 2. The number of rotatable bonds is 4. The van der Waals surface area contributed by atoms with Gasteiger partial charge in [0.1, 0.15) is 11.6 Å². The van der Waals surface area contributed by atoms with Crippen LogP contribution in [0.4, 0.5) is 20.4 Å². The second kappa shape index (κ2) is 7.03. The smallest absolute Gasteiger partial charge is 0.255 e. The first-order chi connectivity index (χ1) is 11.9. The summed E-state index contributed by atoms with van der Waals surface area (Å²) in [4.78, 5) is 19.0. The lowest BCUT2D eigenvalue weighted by molar-refractivity contribution is 0.560. The fraction of sp³-hybridized carbons (Fsp3) is 0.111. The quantitative estimate of drug-likeness (QED) is 0.726. The topological polar surface area (TPSA) is 57.8 Å². The highest BCUT2D eigenvalue weighted by Crippen LogP contribution is 2.20. The van der Waals surface area contributed by atoms with Crippen molar-refractivity contribution in [3.05, 3.63) is 86.3 Å². The highest BCUT2D eigenvalue weighted by Gasteiger charge is 2.14. The summed E-state index contributed by atoms with van der Waals surface area (Å²) >= 11 is 5.93. The minimum absolute atomic E-state index is 0.127. The van der Waals surface area contributed by atoms with Crippen LogP contribution in [0.15, 0.2) is 47.3 Å². The molecule has 0 aliphatic heterocycles. The molecule has 0 saturated heterocycles. The molecule has 0 aliphatic rings. The Morgan fingerprint density at radius 1 is 1.16 bits per heavy atom. The lowest BCUT2D eigenvalue weighted by atomic mass is 10.1. The summed E-state index contributed by atoms with van der Waals surface area (Å²) in [6.45, 7) is 1.56. The summed E-state index contributed by atoms with van der Waals surface area (Å²) < 4.78 is 27.8. The van der Waals surface area contributed by atoms with Crippen LogP contribution >= 0.6 is 11.6 Å². The number of nitrogens with zero attached hydrogens (tertiary/aromatic N) is 1. The van der Waals surface area contributed by atoms with Crippen LogP contribution in [0.25, 0.3) is 0 Å². The number of H-pyrrole nitrogens is 1. The number of aromatic nitrogens is 2. The van der Waals surface area contributed by atoms with E-state index < -0.39 is 11.6 Å². The molecule has 3 rings (SSSR count). The Morgan fingerprint density at radius 2 is 1.84 bits per heavy atom. The SMILES string of the molecule is Cc1c(Cc2c(F)cccc2F)nc(Nc2cccc(Cl)c2)[nH]c1=O. The van der Waals surface area contributed by atoms with Crippen LogP contribution in [0.5, 0.6) is 0 Å². The zero-order valence-electron chi connectivity index (χ0n) is 13.2. The number of hydrogen-bond acceptors (Lipinski definition) is 3. The van der Waals surface area contributed by atoms with E-state index in [2.05, 4.69) is 15.3 Å². The molecular weight excluding hydrogens is 348 g/mol. The van der Waals surface area contributed by atoms with Gasteiger partial charge in [0.05, 0.1) is 5.69 Å². The van der Waals surface area contributed by atoms with E-state index >= 15 is 0 Å². The first kappa shape index (κ1) is 17.1. The number of anilines is 2. The number of hydrogen-bond donors (Lipinski definition) is 2. The summed E-state index contributed by atoms with van der Waals surface area (Å²) in [7, 11) is 0. The lowest BCUT2D eigenvalue weighted by Gasteiger charge is -2.11. The van der Waals surface area contributed by atoms with Crippen molar-refractivity contribution in [3.8, 4) is 0 Å². The van der Waals surface area contributed by atoms with Gasteiger partial charge in [-0.05, 0) is 37.3 Å². The van der Waals surface area contributed by atoms with Crippen LogP contribution in [0.2, 0.25) is 5.02 Å². The minimum Gasteiger partial charge on any atom is -0.326 e. The van der Waals surface area contributed by atoms with Crippen molar-refractivity contribution in [2.24, 2.45) is 0 Å². The average molecular weight is 362 g/mol. The average Bonchev–Trinajstić information content (AvgIpc) is 2.55. The summed E-state index contributed by atoms with van der Waals surface area (Å²) in [5.74, 6) is -1.18. The molecule has 0 unspecified atom stereocenters. The van der Waals surface area contributed by atoms with E-state index in [1.54, 1.807) is 31.2 Å². The normalized spacial score (nSPS) is 10.7. The van der Waals surface area contributed by atoms with Crippen LogP contribution in [0.1, 0.15) is 16.8 Å². The Balaban J connectivity index is 1.97. The maximum atomic E-state index is 13.9. The third-order valence-electron chi connectivity index (χ3n) is 3.75.